The van der Waals surface area contributed by atoms with Crippen LogP contribution in [-0.4, -0.2) is 23.7 Å². The van der Waals surface area contributed by atoms with Gasteiger partial charge in [0.05, 0.1) is 12.3 Å². The van der Waals surface area contributed by atoms with Crippen LogP contribution in [0.4, 0.5) is 5.82 Å². The van der Waals surface area contributed by atoms with Crippen LogP contribution < -0.4 is 10.5 Å². The van der Waals surface area contributed by atoms with Crippen molar-refractivity contribution in [3.05, 3.63) is 36.2 Å². The highest BCUT2D eigenvalue weighted by Crippen LogP contribution is 2.22. The van der Waals surface area contributed by atoms with Gasteiger partial charge in [-0.1, -0.05) is 0 Å². The fraction of sp³-hybridized carbons (Fsp3) is 0.286. The van der Waals surface area contributed by atoms with Gasteiger partial charge in [0.2, 0.25) is 0 Å². The summed E-state index contributed by atoms with van der Waals surface area (Å²) >= 11 is 0. The molecule has 5 nitrogen and oxygen atoms in total. The maximum Gasteiger partial charge on any atom is 0.157 e. The molecule has 2 N–H and O–H groups in total. The van der Waals surface area contributed by atoms with Crippen molar-refractivity contribution >= 4 is 5.82 Å². The molecule has 5 heteroatoms. The van der Waals surface area contributed by atoms with Crippen molar-refractivity contribution < 1.29 is 9.47 Å². The lowest BCUT2D eigenvalue weighted by Gasteiger charge is -2.07. The van der Waals surface area contributed by atoms with E-state index in [1.807, 2.05) is 31.2 Å². The number of ether oxygens (including phenoxy) is 2. The molecular formula is C14H17N3O2. The Morgan fingerprint density at radius 1 is 1.16 bits per heavy atom. The van der Waals surface area contributed by atoms with Crippen LogP contribution in [0.3, 0.4) is 0 Å². The summed E-state index contributed by atoms with van der Waals surface area (Å²) in [5.41, 5.74) is 7.52. The van der Waals surface area contributed by atoms with Crippen LogP contribution in [0.1, 0.15) is 12.7 Å². The van der Waals surface area contributed by atoms with Crippen molar-refractivity contribution in [2.45, 2.75) is 13.5 Å². The summed E-state index contributed by atoms with van der Waals surface area (Å²) in [6, 6.07) is 9.46. The number of benzene rings is 1. The molecule has 2 aromatic rings. The summed E-state index contributed by atoms with van der Waals surface area (Å²) in [4.78, 5) is 8.53. The predicted octanol–water partition coefficient (Wildman–Crippen LogP) is 2.27. The molecule has 0 saturated carbocycles. The van der Waals surface area contributed by atoms with Crippen molar-refractivity contribution in [2.24, 2.45) is 0 Å². The lowest BCUT2D eigenvalue weighted by atomic mass is 10.1. The lowest BCUT2D eigenvalue weighted by Crippen LogP contribution is -2.02. The van der Waals surface area contributed by atoms with Gasteiger partial charge in [0, 0.05) is 18.7 Å². The zero-order chi connectivity index (χ0) is 13.7. The fourth-order valence-corrected chi connectivity index (χ4v) is 1.75. The first-order chi connectivity index (χ1) is 9.22. The Bertz CT molecular complexity index is 541. The molecule has 0 amide bonds. The molecule has 0 aliphatic carbocycles. The number of methoxy groups -OCH3 is 1. The van der Waals surface area contributed by atoms with Gasteiger partial charge < -0.3 is 15.2 Å². The monoisotopic (exact) mass is 259 g/mol. The Morgan fingerprint density at radius 3 is 2.53 bits per heavy atom. The SMILES string of the molecule is CCOc1ccc(-c2cc(N)nc(COC)n2)cc1. The number of hydrogen-bond acceptors (Lipinski definition) is 5. The fourth-order valence-electron chi connectivity index (χ4n) is 1.75. The highest BCUT2D eigenvalue weighted by atomic mass is 16.5. The van der Waals surface area contributed by atoms with E-state index < -0.39 is 0 Å². The molecule has 19 heavy (non-hydrogen) atoms. The Kier molecular flexibility index (Phi) is 4.30. The van der Waals surface area contributed by atoms with E-state index in [1.165, 1.54) is 0 Å². The van der Waals surface area contributed by atoms with Gasteiger partial charge in [0.15, 0.2) is 5.82 Å². The zero-order valence-corrected chi connectivity index (χ0v) is 11.1. The minimum Gasteiger partial charge on any atom is -0.494 e. The number of hydrogen-bond donors (Lipinski definition) is 1. The quantitative estimate of drug-likeness (QED) is 0.892. The van der Waals surface area contributed by atoms with Crippen molar-refractivity contribution in [2.75, 3.05) is 19.5 Å². The molecule has 1 aromatic heterocycles. The third-order valence-corrected chi connectivity index (χ3v) is 2.53. The van der Waals surface area contributed by atoms with Crippen LogP contribution >= 0.6 is 0 Å². The average molecular weight is 259 g/mol. The first-order valence-corrected chi connectivity index (χ1v) is 6.08. The minimum atomic E-state index is 0.342. The molecule has 1 heterocycles. The first kappa shape index (κ1) is 13.3. The molecule has 0 spiro atoms. The number of nitrogens with two attached hydrogens (primary N) is 1. The molecule has 0 atom stereocenters. The number of aromatic nitrogens is 2. The number of anilines is 1. The third-order valence-electron chi connectivity index (χ3n) is 2.53. The summed E-state index contributed by atoms with van der Waals surface area (Å²) in [5.74, 6) is 1.85. The average Bonchev–Trinajstić information content (AvgIpc) is 2.40. The van der Waals surface area contributed by atoms with Crippen molar-refractivity contribution in [1.82, 2.24) is 9.97 Å². The van der Waals surface area contributed by atoms with Crippen LogP contribution in [0.2, 0.25) is 0 Å². The highest BCUT2D eigenvalue weighted by Gasteiger charge is 2.05. The van der Waals surface area contributed by atoms with Crippen LogP contribution in [0.25, 0.3) is 11.3 Å². The summed E-state index contributed by atoms with van der Waals surface area (Å²) in [7, 11) is 1.60. The molecule has 1 aromatic carbocycles. The van der Waals surface area contributed by atoms with E-state index in [0.29, 0.717) is 24.9 Å². The molecule has 100 valence electrons. The molecule has 0 aliphatic rings. The van der Waals surface area contributed by atoms with Crippen LogP contribution in [0.5, 0.6) is 5.75 Å². The summed E-state index contributed by atoms with van der Waals surface area (Å²) in [5, 5.41) is 0. The predicted molar refractivity (Wildman–Crippen MR) is 73.8 cm³/mol. The second-order valence-corrected chi connectivity index (χ2v) is 3.98. The highest BCUT2D eigenvalue weighted by molar-refractivity contribution is 5.62. The van der Waals surface area contributed by atoms with E-state index in [0.717, 1.165) is 17.0 Å². The number of nitrogen functional groups attached to an aromatic ring is 1. The molecule has 2 rings (SSSR count). The Hall–Kier alpha value is -2.14. The second-order valence-electron chi connectivity index (χ2n) is 3.98. The lowest BCUT2D eigenvalue weighted by molar-refractivity contribution is 0.178. The van der Waals surface area contributed by atoms with E-state index in [2.05, 4.69) is 9.97 Å². The van der Waals surface area contributed by atoms with E-state index in [9.17, 15) is 0 Å². The van der Waals surface area contributed by atoms with Gasteiger partial charge in [-0.2, -0.15) is 0 Å². The van der Waals surface area contributed by atoms with Gasteiger partial charge in [-0.3, -0.25) is 0 Å². The van der Waals surface area contributed by atoms with Gasteiger partial charge in [0.25, 0.3) is 0 Å². The molecule has 0 bridgehead atoms. The summed E-state index contributed by atoms with van der Waals surface area (Å²) in [6.45, 7) is 2.95. The van der Waals surface area contributed by atoms with E-state index in [4.69, 9.17) is 15.2 Å². The van der Waals surface area contributed by atoms with Gasteiger partial charge in [0.1, 0.15) is 18.2 Å². The third kappa shape index (κ3) is 3.42. The first-order valence-electron chi connectivity index (χ1n) is 6.08. The Morgan fingerprint density at radius 2 is 1.89 bits per heavy atom. The van der Waals surface area contributed by atoms with Crippen LogP contribution in [-0.2, 0) is 11.3 Å². The summed E-state index contributed by atoms with van der Waals surface area (Å²) in [6.07, 6.45) is 0. The van der Waals surface area contributed by atoms with Crippen LogP contribution in [0, 0.1) is 0 Å². The van der Waals surface area contributed by atoms with E-state index in [-0.39, 0.29) is 0 Å². The zero-order valence-electron chi connectivity index (χ0n) is 11.1. The molecule has 0 fully saturated rings. The van der Waals surface area contributed by atoms with Crippen LogP contribution in [0.15, 0.2) is 30.3 Å². The normalized spacial score (nSPS) is 10.4. The maximum atomic E-state index is 5.77. The Balaban J connectivity index is 2.29. The number of nitrogens with zero attached hydrogens (tertiary/aromatic N) is 2. The van der Waals surface area contributed by atoms with E-state index in [1.54, 1.807) is 13.2 Å². The standard InChI is InChI=1S/C14H17N3O2/c1-3-19-11-6-4-10(5-7-11)12-8-13(15)17-14(16-12)9-18-2/h4-8H,3,9H2,1-2H3,(H2,15,16,17). The Labute approximate surface area is 112 Å². The largest absolute Gasteiger partial charge is 0.494 e. The smallest absolute Gasteiger partial charge is 0.157 e. The minimum absolute atomic E-state index is 0.342. The van der Waals surface area contributed by atoms with Gasteiger partial charge in [-0.05, 0) is 31.2 Å². The molecule has 0 radical (unpaired) electrons. The number of rotatable bonds is 5. The van der Waals surface area contributed by atoms with Gasteiger partial charge in [-0.15, -0.1) is 0 Å². The molecule has 0 unspecified atom stereocenters. The second kappa shape index (κ2) is 6.15. The summed E-state index contributed by atoms with van der Waals surface area (Å²) < 4.78 is 10.4. The molecule has 0 aliphatic heterocycles. The maximum absolute atomic E-state index is 5.77. The van der Waals surface area contributed by atoms with E-state index >= 15 is 0 Å². The molecular weight excluding hydrogens is 242 g/mol. The molecule has 0 saturated heterocycles. The van der Waals surface area contributed by atoms with Crippen molar-refractivity contribution in [1.29, 1.82) is 0 Å². The van der Waals surface area contributed by atoms with Crippen molar-refractivity contribution in [3.8, 4) is 17.0 Å². The topological polar surface area (TPSA) is 70.3 Å². The van der Waals surface area contributed by atoms with Crippen molar-refractivity contribution in [3.63, 3.8) is 0 Å². The van der Waals surface area contributed by atoms with Gasteiger partial charge in [-0.25, -0.2) is 9.97 Å². The van der Waals surface area contributed by atoms with Gasteiger partial charge >= 0.3 is 0 Å².